The number of hydrogen-bond donors (Lipinski definition) is 1. The molecule has 0 atom stereocenters. The van der Waals surface area contributed by atoms with Gasteiger partial charge in [-0.15, -0.1) is 0 Å². The van der Waals surface area contributed by atoms with E-state index in [2.05, 4.69) is 15.3 Å². The first-order chi connectivity index (χ1) is 9.60. The van der Waals surface area contributed by atoms with Crippen molar-refractivity contribution in [2.24, 2.45) is 0 Å². The van der Waals surface area contributed by atoms with Crippen LogP contribution in [0.3, 0.4) is 0 Å². The molecule has 0 aliphatic heterocycles. The maximum Gasteiger partial charge on any atom is 0.138 e. The maximum atomic E-state index is 6.07. The molecule has 106 valence electrons. The second kappa shape index (κ2) is 6.57. The molecule has 1 aromatic carbocycles. The van der Waals surface area contributed by atoms with E-state index in [1.807, 2.05) is 45.0 Å². The summed E-state index contributed by atoms with van der Waals surface area (Å²) >= 11 is 6.07. The number of rotatable bonds is 5. The van der Waals surface area contributed by atoms with Crippen LogP contribution in [0.2, 0.25) is 5.15 Å². The van der Waals surface area contributed by atoms with Crippen LogP contribution >= 0.6 is 11.6 Å². The molecule has 0 spiro atoms. The molecule has 20 heavy (non-hydrogen) atoms. The van der Waals surface area contributed by atoms with Gasteiger partial charge in [0.05, 0.1) is 6.10 Å². The Morgan fingerprint density at radius 3 is 2.50 bits per heavy atom. The highest BCUT2D eigenvalue weighted by Crippen LogP contribution is 2.25. The van der Waals surface area contributed by atoms with Crippen LogP contribution in [0.15, 0.2) is 30.6 Å². The molecule has 0 bridgehead atoms. The first-order valence-electron chi connectivity index (χ1n) is 6.63. The van der Waals surface area contributed by atoms with Gasteiger partial charge in [-0.25, -0.2) is 9.97 Å². The zero-order valence-electron chi connectivity index (χ0n) is 11.9. The van der Waals surface area contributed by atoms with E-state index in [9.17, 15) is 0 Å². The van der Waals surface area contributed by atoms with Gasteiger partial charge in [0.25, 0.3) is 0 Å². The number of nitrogens with one attached hydrogen (secondary N) is 1. The Labute approximate surface area is 124 Å². The summed E-state index contributed by atoms with van der Waals surface area (Å²) in [4.78, 5) is 8.23. The standard InChI is InChI=1S/C15H18ClN3O/c1-4-13-14(16)17-9-18-15(13)19-11-5-7-12(8-6-11)20-10(2)3/h5-10H,4H2,1-3H3,(H,17,18,19). The fraction of sp³-hybridized carbons (Fsp3) is 0.333. The summed E-state index contributed by atoms with van der Waals surface area (Å²) in [7, 11) is 0. The van der Waals surface area contributed by atoms with Crippen molar-refractivity contribution in [2.75, 3.05) is 5.32 Å². The Morgan fingerprint density at radius 1 is 1.20 bits per heavy atom. The molecule has 1 heterocycles. The van der Waals surface area contributed by atoms with Crippen LogP contribution in [0.4, 0.5) is 11.5 Å². The summed E-state index contributed by atoms with van der Waals surface area (Å²) in [6.45, 7) is 6.03. The predicted octanol–water partition coefficient (Wildman–Crippen LogP) is 4.22. The van der Waals surface area contributed by atoms with E-state index in [1.165, 1.54) is 6.33 Å². The number of benzene rings is 1. The number of aromatic nitrogens is 2. The van der Waals surface area contributed by atoms with Crippen LogP contribution in [-0.4, -0.2) is 16.1 Å². The summed E-state index contributed by atoms with van der Waals surface area (Å²) in [5.74, 6) is 1.59. The SMILES string of the molecule is CCc1c(Cl)ncnc1Nc1ccc(OC(C)C)cc1. The third kappa shape index (κ3) is 3.61. The van der Waals surface area contributed by atoms with Gasteiger partial charge in [-0.2, -0.15) is 0 Å². The average molecular weight is 292 g/mol. The third-order valence-electron chi connectivity index (χ3n) is 2.74. The minimum absolute atomic E-state index is 0.168. The smallest absolute Gasteiger partial charge is 0.138 e. The van der Waals surface area contributed by atoms with Gasteiger partial charge in [0.2, 0.25) is 0 Å². The second-order valence-corrected chi connectivity index (χ2v) is 5.02. The lowest BCUT2D eigenvalue weighted by Crippen LogP contribution is -2.05. The molecule has 1 N–H and O–H groups in total. The number of halogens is 1. The molecular formula is C15H18ClN3O. The largest absolute Gasteiger partial charge is 0.491 e. The van der Waals surface area contributed by atoms with Crippen LogP contribution in [0, 0.1) is 0 Å². The predicted molar refractivity (Wildman–Crippen MR) is 81.9 cm³/mol. The van der Waals surface area contributed by atoms with Gasteiger partial charge in [0, 0.05) is 11.3 Å². The van der Waals surface area contributed by atoms with Crippen LogP contribution < -0.4 is 10.1 Å². The van der Waals surface area contributed by atoms with Crippen molar-refractivity contribution in [1.82, 2.24) is 9.97 Å². The Kier molecular flexibility index (Phi) is 4.79. The van der Waals surface area contributed by atoms with E-state index in [0.717, 1.165) is 29.2 Å². The van der Waals surface area contributed by atoms with Crippen molar-refractivity contribution in [3.63, 3.8) is 0 Å². The lowest BCUT2D eigenvalue weighted by Gasteiger charge is -2.12. The third-order valence-corrected chi connectivity index (χ3v) is 3.06. The number of anilines is 2. The summed E-state index contributed by atoms with van der Waals surface area (Å²) in [5, 5.41) is 3.74. The normalized spacial score (nSPS) is 10.7. The van der Waals surface area contributed by atoms with Crippen LogP contribution in [-0.2, 0) is 6.42 Å². The van der Waals surface area contributed by atoms with Gasteiger partial charge < -0.3 is 10.1 Å². The second-order valence-electron chi connectivity index (χ2n) is 4.66. The van der Waals surface area contributed by atoms with Crippen LogP contribution in [0.1, 0.15) is 26.3 Å². The highest BCUT2D eigenvalue weighted by Gasteiger charge is 2.08. The first-order valence-corrected chi connectivity index (χ1v) is 7.01. The Hall–Kier alpha value is -1.81. The highest BCUT2D eigenvalue weighted by molar-refractivity contribution is 6.30. The summed E-state index contributed by atoms with van der Waals surface area (Å²) in [6, 6.07) is 7.76. The Balaban J connectivity index is 2.16. The number of hydrogen-bond acceptors (Lipinski definition) is 4. The van der Waals surface area contributed by atoms with Crippen molar-refractivity contribution in [1.29, 1.82) is 0 Å². The van der Waals surface area contributed by atoms with Gasteiger partial charge in [-0.3, -0.25) is 0 Å². The van der Waals surface area contributed by atoms with E-state index in [-0.39, 0.29) is 6.10 Å². The molecule has 0 amide bonds. The average Bonchev–Trinajstić information content (AvgIpc) is 2.41. The van der Waals surface area contributed by atoms with E-state index >= 15 is 0 Å². The van der Waals surface area contributed by atoms with Crippen molar-refractivity contribution >= 4 is 23.1 Å². The Morgan fingerprint density at radius 2 is 1.90 bits per heavy atom. The minimum atomic E-state index is 0.168. The van der Waals surface area contributed by atoms with Crippen molar-refractivity contribution < 1.29 is 4.74 Å². The zero-order valence-corrected chi connectivity index (χ0v) is 12.6. The lowest BCUT2D eigenvalue weighted by molar-refractivity contribution is 0.242. The molecule has 4 nitrogen and oxygen atoms in total. The van der Waals surface area contributed by atoms with Gasteiger partial charge in [0.15, 0.2) is 0 Å². The summed E-state index contributed by atoms with van der Waals surface area (Å²) in [5.41, 5.74) is 1.85. The van der Waals surface area contributed by atoms with Gasteiger partial charge in [-0.05, 0) is 44.5 Å². The molecule has 0 aliphatic rings. The molecule has 0 aliphatic carbocycles. The molecule has 0 saturated carbocycles. The zero-order chi connectivity index (χ0) is 14.5. The molecule has 0 unspecified atom stereocenters. The van der Waals surface area contributed by atoms with Gasteiger partial charge in [0.1, 0.15) is 23.0 Å². The van der Waals surface area contributed by atoms with Crippen molar-refractivity contribution in [3.8, 4) is 5.75 Å². The summed E-state index contributed by atoms with van der Waals surface area (Å²) < 4.78 is 5.61. The quantitative estimate of drug-likeness (QED) is 0.838. The monoisotopic (exact) mass is 291 g/mol. The topological polar surface area (TPSA) is 47.0 Å². The van der Waals surface area contributed by atoms with E-state index in [1.54, 1.807) is 0 Å². The number of nitrogens with zero attached hydrogens (tertiary/aromatic N) is 2. The molecule has 0 fully saturated rings. The molecule has 0 saturated heterocycles. The van der Waals surface area contributed by atoms with Crippen LogP contribution in [0.5, 0.6) is 5.75 Å². The van der Waals surface area contributed by atoms with Crippen molar-refractivity contribution in [2.45, 2.75) is 33.3 Å². The minimum Gasteiger partial charge on any atom is -0.491 e. The fourth-order valence-corrected chi connectivity index (χ4v) is 2.10. The first kappa shape index (κ1) is 14.6. The maximum absolute atomic E-state index is 6.07. The van der Waals surface area contributed by atoms with E-state index in [0.29, 0.717) is 5.15 Å². The van der Waals surface area contributed by atoms with E-state index < -0.39 is 0 Å². The molecule has 1 aromatic heterocycles. The molecule has 5 heteroatoms. The van der Waals surface area contributed by atoms with Gasteiger partial charge >= 0.3 is 0 Å². The fourth-order valence-electron chi connectivity index (χ4n) is 1.84. The summed E-state index contributed by atoms with van der Waals surface area (Å²) in [6.07, 6.45) is 2.40. The Bertz CT molecular complexity index is 570. The van der Waals surface area contributed by atoms with Crippen molar-refractivity contribution in [3.05, 3.63) is 41.3 Å². The van der Waals surface area contributed by atoms with Gasteiger partial charge in [-0.1, -0.05) is 18.5 Å². The van der Waals surface area contributed by atoms with Crippen LogP contribution in [0.25, 0.3) is 0 Å². The molecular weight excluding hydrogens is 274 g/mol. The number of ether oxygens (including phenoxy) is 1. The lowest BCUT2D eigenvalue weighted by atomic mass is 10.2. The molecule has 0 radical (unpaired) electrons. The molecule has 2 aromatic rings. The highest BCUT2D eigenvalue weighted by atomic mass is 35.5. The molecule has 2 rings (SSSR count). The van der Waals surface area contributed by atoms with E-state index in [4.69, 9.17) is 16.3 Å².